The Balaban J connectivity index is 1.04. The molecule has 0 N–H and O–H groups in total. The van der Waals surface area contributed by atoms with Gasteiger partial charge in [0.2, 0.25) is 0 Å². The number of aryl methyl sites for hydroxylation is 1. The van der Waals surface area contributed by atoms with Crippen molar-refractivity contribution in [1.82, 2.24) is 4.90 Å². The van der Waals surface area contributed by atoms with Crippen LogP contribution in [0.4, 0.5) is 5.69 Å². The molecule has 0 saturated carbocycles. The molecule has 0 atom stereocenters. The number of anilines is 1. The second-order valence-corrected chi connectivity index (χ2v) is 12.2. The number of carbonyl (C=O) groups excluding carboxylic acids is 4. The van der Waals surface area contributed by atoms with E-state index in [2.05, 4.69) is 13.8 Å². The lowest BCUT2D eigenvalue weighted by atomic mass is 9.78. The van der Waals surface area contributed by atoms with Crippen LogP contribution in [0.15, 0.2) is 109 Å². The fourth-order valence-corrected chi connectivity index (χ4v) is 6.04. The average molecular weight is 623 g/mol. The van der Waals surface area contributed by atoms with Crippen molar-refractivity contribution >= 4 is 29.3 Å². The first-order valence-electron chi connectivity index (χ1n) is 15.1. The fourth-order valence-electron chi connectivity index (χ4n) is 6.04. The van der Waals surface area contributed by atoms with Crippen molar-refractivity contribution in [2.75, 3.05) is 11.9 Å². The highest BCUT2D eigenvalue weighted by molar-refractivity contribution is 6.34. The highest BCUT2D eigenvalue weighted by Gasteiger charge is 2.38. The SMILES string of the molecule is Cc1ccccc1N1C(=O)c2ccc(Oc3ccc(C(C)(C)c4ccc(Oc5ccc6c(c5)C(=O)N(C)C6=O)cc4)cc3)cc2C1=O. The average Bonchev–Trinajstić information content (AvgIpc) is 3.44. The molecule has 8 heteroatoms. The zero-order valence-corrected chi connectivity index (χ0v) is 26.2. The number of imide groups is 2. The van der Waals surface area contributed by atoms with Crippen molar-refractivity contribution in [2.24, 2.45) is 0 Å². The minimum absolute atomic E-state index is 0.313. The summed E-state index contributed by atoms with van der Waals surface area (Å²) in [5, 5.41) is 0. The topological polar surface area (TPSA) is 93.2 Å². The summed E-state index contributed by atoms with van der Waals surface area (Å²) in [4.78, 5) is 53.2. The van der Waals surface area contributed by atoms with Crippen molar-refractivity contribution in [3.05, 3.63) is 148 Å². The third kappa shape index (κ3) is 5.04. The molecule has 5 aromatic carbocycles. The van der Waals surface area contributed by atoms with E-state index in [-0.39, 0.29) is 29.0 Å². The van der Waals surface area contributed by atoms with Gasteiger partial charge in [0.05, 0.1) is 27.9 Å². The smallest absolute Gasteiger partial charge is 0.266 e. The summed E-state index contributed by atoms with van der Waals surface area (Å²) in [6.45, 7) is 6.12. The number of para-hydroxylation sites is 1. The molecule has 2 aliphatic rings. The summed E-state index contributed by atoms with van der Waals surface area (Å²) in [5.41, 5.74) is 4.58. The maximum Gasteiger partial charge on any atom is 0.266 e. The van der Waals surface area contributed by atoms with E-state index in [1.54, 1.807) is 48.5 Å². The van der Waals surface area contributed by atoms with Crippen LogP contribution in [0.2, 0.25) is 0 Å². The molecule has 0 bridgehead atoms. The largest absolute Gasteiger partial charge is 0.457 e. The van der Waals surface area contributed by atoms with Crippen LogP contribution in [0.3, 0.4) is 0 Å². The Hall–Kier alpha value is -6.02. The first kappa shape index (κ1) is 29.7. The molecule has 8 nitrogen and oxygen atoms in total. The van der Waals surface area contributed by atoms with E-state index in [1.807, 2.05) is 67.6 Å². The molecular formula is C39H30N2O6. The minimum Gasteiger partial charge on any atom is -0.457 e. The van der Waals surface area contributed by atoms with E-state index >= 15 is 0 Å². The summed E-state index contributed by atoms with van der Waals surface area (Å²) in [5.74, 6) is 0.777. The van der Waals surface area contributed by atoms with Crippen molar-refractivity contribution in [1.29, 1.82) is 0 Å². The molecule has 47 heavy (non-hydrogen) atoms. The van der Waals surface area contributed by atoms with Gasteiger partial charge in [0.25, 0.3) is 23.6 Å². The van der Waals surface area contributed by atoms with E-state index in [0.717, 1.165) is 21.6 Å². The maximum atomic E-state index is 13.3. The number of rotatable bonds is 7. The van der Waals surface area contributed by atoms with Crippen LogP contribution in [-0.2, 0) is 5.41 Å². The molecule has 4 amide bonds. The van der Waals surface area contributed by atoms with E-state index in [9.17, 15) is 19.2 Å². The number of carbonyl (C=O) groups is 4. The zero-order valence-electron chi connectivity index (χ0n) is 26.2. The molecule has 0 saturated heterocycles. The summed E-state index contributed by atoms with van der Waals surface area (Å²) < 4.78 is 12.1. The highest BCUT2D eigenvalue weighted by atomic mass is 16.5. The van der Waals surface area contributed by atoms with Crippen LogP contribution < -0.4 is 14.4 Å². The molecule has 0 aromatic heterocycles. The van der Waals surface area contributed by atoms with Gasteiger partial charge in [-0.25, -0.2) is 4.90 Å². The number of nitrogens with zero attached hydrogens (tertiary/aromatic N) is 2. The van der Waals surface area contributed by atoms with Crippen LogP contribution in [0.1, 0.15) is 72.0 Å². The van der Waals surface area contributed by atoms with E-state index in [1.165, 1.54) is 11.9 Å². The lowest BCUT2D eigenvalue weighted by molar-refractivity contribution is 0.0692. The molecular weight excluding hydrogens is 592 g/mol. The van der Waals surface area contributed by atoms with Crippen LogP contribution in [-0.4, -0.2) is 35.6 Å². The molecule has 5 aromatic rings. The number of hydrogen-bond acceptors (Lipinski definition) is 6. The molecule has 0 radical (unpaired) electrons. The van der Waals surface area contributed by atoms with Gasteiger partial charge < -0.3 is 9.47 Å². The predicted octanol–water partition coefficient (Wildman–Crippen LogP) is 7.93. The van der Waals surface area contributed by atoms with Gasteiger partial charge in [0.1, 0.15) is 23.0 Å². The fraction of sp³-hybridized carbons (Fsp3) is 0.128. The number of benzene rings is 5. The van der Waals surface area contributed by atoms with Gasteiger partial charge in [-0.1, -0.05) is 56.3 Å². The lowest BCUT2D eigenvalue weighted by Gasteiger charge is -2.26. The Morgan fingerprint density at radius 2 is 0.936 bits per heavy atom. The summed E-state index contributed by atoms with van der Waals surface area (Å²) >= 11 is 0. The van der Waals surface area contributed by atoms with Gasteiger partial charge in [-0.05, 0) is 90.3 Å². The Morgan fingerprint density at radius 1 is 0.511 bits per heavy atom. The van der Waals surface area contributed by atoms with Crippen molar-refractivity contribution in [2.45, 2.75) is 26.2 Å². The van der Waals surface area contributed by atoms with Crippen molar-refractivity contribution in [3.8, 4) is 23.0 Å². The lowest BCUT2D eigenvalue weighted by Crippen LogP contribution is -2.29. The minimum atomic E-state index is -0.370. The highest BCUT2D eigenvalue weighted by Crippen LogP contribution is 2.37. The van der Waals surface area contributed by atoms with Crippen LogP contribution in [0, 0.1) is 6.92 Å². The van der Waals surface area contributed by atoms with Gasteiger partial charge in [0, 0.05) is 12.5 Å². The normalized spacial score (nSPS) is 14.0. The van der Waals surface area contributed by atoms with Gasteiger partial charge in [0.15, 0.2) is 0 Å². The predicted molar refractivity (Wildman–Crippen MR) is 177 cm³/mol. The number of hydrogen-bond donors (Lipinski definition) is 0. The van der Waals surface area contributed by atoms with Crippen molar-refractivity contribution in [3.63, 3.8) is 0 Å². The van der Waals surface area contributed by atoms with Gasteiger partial charge in [-0.15, -0.1) is 0 Å². The molecule has 7 rings (SSSR count). The maximum absolute atomic E-state index is 13.3. The molecule has 0 spiro atoms. The Kier molecular flexibility index (Phi) is 7.01. The van der Waals surface area contributed by atoms with Gasteiger partial charge >= 0.3 is 0 Å². The second kappa shape index (κ2) is 11.1. The van der Waals surface area contributed by atoms with E-state index in [4.69, 9.17) is 9.47 Å². The number of amides is 4. The molecule has 0 aliphatic carbocycles. The number of fused-ring (bicyclic) bond motifs is 2. The summed E-state index contributed by atoms with van der Waals surface area (Å²) in [6.07, 6.45) is 0. The second-order valence-electron chi connectivity index (χ2n) is 12.2. The Labute approximate surface area is 271 Å². The standard InChI is InChI=1S/C39H30N2O6/c1-23-7-5-6-8-34(23)41-37(44)31-20-18-29(22-33(31)38(41)45)47-27-15-11-25(12-16-27)39(2,3)24-9-13-26(14-10-24)46-28-17-19-30-32(21-28)36(43)40(4)35(30)42/h5-22H,1-4H3. The molecule has 2 aliphatic heterocycles. The first-order chi connectivity index (χ1) is 22.5. The van der Waals surface area contributed by atoms with Gasteiger partial charge in [-0.2, -0.15) is 0 Å². The van der Waals surface area contributed by atoms with Crippen LogP contribution >= 0.6 is 0 Å². The molecule has 0 unspecified atom stereocenters. The molecule has 232 valence electrons. The first-order valence-corrected chi connectivity index (χ1v) is 15.1. The Morgan fingerprint density at radius 3 is 1.47 bits per heavy atom. The quantitative estimate of drug-likeness (QED) is 0.171. The molecule has 0 fully saturated rings. The van der Waals surface area contributed by atoms with Crippen LogP contribution in [0.5, 0.6) is 23.0 Å². The third-order valence-corrected chi connectivity index (χ3v) is 8.90. The van der Waals surface area contributed by atoms with Crippen LogP contribution in [0.25, 0.3) is 0 Å². The molecule has 2 heterocycles. The summed E-state index contributed by atoms with van der Waals surface area (Å²) in [6, 6.07) is 32.7. The Bertz CT molecular complexity index is 2120. The third-order valence-electron chi connectivity index (χ3n) is 8.90. The van der Waals surface area contributed by atoms with Crippen molar-refractivity contribution < 1.29 is 28.7 Å². The van der Waals surface area contributed by atoms with E-state index < -0.39 is 0 Å². The number of ether oxygens (including phenoxy) is 2. The summed E-state index contributed by atoms with van der Waals surface area (Å²) in [7, 11) is 1.47. The monoisotopic (exact) mass is 622 g/mol. The zero-order chi connectivity index (χ0) is 33.0. The van der Waals surface area contributed by atoms with E-state index in [0.29, 0.717) is 50.9 Å². The van der Waals surface area contributed by atoms with Gasteiger partial charge in [-0.3, -0.25) is 24.1 Å².